The molecule has 4 nitrogen and oxygen atoms in total. The van der Waals surface area contributed by atoms with Crippen molar-refractivity contribution in [3.63, 3.8) is 0 Å². The molecule has 0 radical (unpaired) electrons. The lowest BCUT2D eigenvalue weighted by atomic mass is 9.98. The van der Waals surface area contributed by atoms with Crippen molar-refractivity contribution >= 4 is 22.9 Å². The van der Waals surface area contributed by atoms with E-state index in [1.165, 1.54) is 5.56 Å². The molecule has 2 aromatic carbocycles. The summed E-state index contributed by atoms with van der Waals surface area (Å²) >= 11 is 0. The van der Waals surface area contributed by atoms with E-state index in [1.807, 2.05) is 30.3 Å². The number of benzene rings is 2. The molecule has 0 saturated heterocycles. The van der Waals surface area contributed by atoms with Crippen LogP contribution in [0.1, 0.15) is 22.3 Å². The molecule has 2 aliphatic heterocycles. The van der Waals surface area contributed by atoms with Gasteiger partial charge < -0.3 is 15.8 Å². The monoisotopic (exact) mass is 292 g/mol. The Morgan fingerprint density at radius 1 is 1.14 bits per heavy atom. The highest BCUT2D eigenvalue weighted by atomic mass is 16.5. The van der Waals surface area contributed by atoms with Gasteiger partial charge in [-0.2, -0.15) is 0 Å². The topological polar surface area (TPSA) is 64.3 Å². The van der Waals surface area contributed by atoms with E-state index in [1.54, 1.807) is 0 Å². The molecule has 0 fully saturated rings. The first-order chi connectivity index (χ1) is 10.8. The number of fused-ring (bicyclic) bond motifs is 2. The van der Waals surface area contributed by atoms with Crippen LogP contribution in [0.25, 0.3) is 11.3 Å². The lowest BCUT2D eigenvalue weighted by Crippen LogP contribution is -2.05. The molecule has 3 N–H and O–H groups in total. The fourth-order valence-corrected chi connectivity index (χ4v) is 3.09. The first-order valence-electron chi connectivity index (χ1n) is 7.38. The number of hydrogen-bond donors (Lipinski definition) is 2. The highest BCUT2D eigenvalue weighted by molar-refractivity contribution is 6.36. The van der Waals surface area contributed by atoms with Crippen LogP contribution in [0.15, 0.2) is 42.5 Å². The largest absolute Gasteiger partial charge is 0.487 e. The summed E-state index contributed by atoms with van der Waals surface area (Å²) in [7, 11) is 0. The average Bonchev–Trinajstić information content (AvgIpc) is 3.07. The van der Waals surface area contributed by atoms with Gasteiger partial charge in [0.1, 0.15) is 12.4 Å². The van der Waals surface area contributed by atoms with E-state index in [0.717, 1.165) is 28.8 Å². The molecule has 0 aliphatic carbocycles. The van der Waals surface area contributed by atoms with Crippen molar-refractivity contribution in [1.82, 2.24) is 0 Å². The second-order valence-electron chi connectivity index (χ2n) is 5.52. The highest BCUT2D eigenvalue weighted by Crippen LogP contribution is 2.41. The SMILES string of the molecule is NCCc1ccc2c(c1)CO/C2=C1/C(=O)Nc2ccccc21. The minimum Gasteiger partial charge on any atom is -0.487 e. The van der Waals surface area contributed by atoms with Gasteiger partial charge in [0.25, 0.3) is 5.91 Å². The van der Waals surface area contributed by atoms with E-state index in [4.69, 9.17) is 10.5 Å². The van der Waals surface area contributed by atoms with E-state index in [2.05, 4.69) is 17.4 Å². The second-order valence-corrected chi connectivity index (χ2v) is 5.52. The number of ether oxygens (including phenoxy) is 1. The number of nitrogens with two attached hydrogens (primary N) is 1. The van der Waals surface area contributed by atoms with Crippen LogP contribution in [0.2, 0.25) is 0 Å². The second kappa shape index (κ2) is 5.00. The van der Waals surface area contributed by atoms with Crippen LogP contribution in [0.4, 0.5) is 5.69 Å². The zero-order chi connectivity index (χ0) is 15.1. The number of carbonyl (C=O) groups excluding carboxylic acids is 1. The molecule has 0 aromatic heterocycles. The minimum absolute atomic E-state index is 0.102. The third-order valence-electron chi connectivity index (χ3n) is 4.12. The Bertz CT molecular complexity index is 808. The molecule has 2 aromatic rings. The number of rotatable bonds is 2. The van der Waals surface area contributed by atoms with Crippen molar-refractivity contribution in [3.05, 3.63) is 64.7 Å². The molecule has 4 heteroatoms. The van der Waals surface area contributed by atoms with Crippen LogP contribution in [-0.2, 0) is 22.6 Å². The van der Waals surface area contributed by atoms with Crippen molar-refractivity contribution in [1.29, 1.82) is 0 Å². The molecular formula is C18H16N2O2. The molecule has 22 heavy (non-hydrogen) atoms. The van der Waals surface area contributed by atoms with Gasteiger partial charge in [0.2, 0.25) is 0 Å². The Morgan fingerprint density at radius 2 is 2.00 bits per heavy atom. The number of carbonyl (C=O) groups is 1. The van der Waals surface area contributed by atoms with Gasteiger partial charge in [-0.1, -0.05) is 36.4 Å². The summed E-state index contributed by atoms with van der Waals surface area (Å²) in [5.74, 6) is 0.576. The maximum absolute atomic E-state index is 12.3. The molecule has 4 rings (SSSR count). The van der Waals surface area contributed by atoms with Crippen molar-refractivity contribution in [3.8, 4) is 0 Å². The summed E-state index contributed by atoms with van der Waals surface area (Å²) in [4.78, 5) is 12.3. The Hall–Kier alpha value is -2.59. The third kappa shape index (κ3) is 1.92. The van der Waals surface area contributed by atoms with E-state index >= 15 is 0 Å². The Labute approximate surface area is 128 Å². The maximum atomic E-state index is 12.3. The molecule has 0 saturated carbocycles. The number of nitrogens with one attached hydrogen (secondary N) is 1. The number of para-hydroxylation sites is 1. The molecule has 2 heterocycles. The van der Waals surface area contributed by atoms with Crippen LogP contribution in [0.5, 0.6) is 0 Å². The molecule has 0 atom stereocenters. The van der Waals surface area contributed by atoms with Crippen LogP contribution in [0, 0.1) is 0 Å². The Kier molecular flexibility index (Phi) is 2.98. The van der Waals surface area contributed by atoms with Gasteiger partial charge in [0, 0.05) is 22.4 Å². The maximum Gasteiger partial charge on any atom is 0.260 e. The summed E-state index contributed by atoms with van der Waals surface area (Å²) in [6.07, 6.45) is 0.850. The van der Waals surface area contributed by atoms with Crippen molar-refractivity contribution in [2.75, 3.05) is 11.9 Å². The lowest BCUT2D eigenvalue weighted by molar-refractivity contribution is -0.110. The summed E-state index contributed by atoms with van der Waals surface area (Å²) in [5.41, 5.74) is 11.3. The Morgan fingerprint density at radius 3 is 2.86 bits per heavy atom. The fraction of sp³-hybridized carbons (Fsp3) is 0.167. The predicted octanol–water partition coefficient (Wildman–Crippen LogP) is 2.54. The Balaban J connectivity index is 1.85. The van der Waals surface area contributed by atoms with Gasteiger partial charge in [-0.05, 0) is 24.6 Å². The van der Waals surface area contributed by atoms with Gasteiger partial charge in [0.15, 0.2) is 0 Å². The van der Waals surface area contributed by atoms with E-state index in [0.29, 0.717) is 24.5 Å². The van der Waals surface area contributed by atoms with Gasteiger partial charge in [-0.3, -0.25) is 4.79 Å². The summed E-state index contributed by atoms with van der Waals surface area (Å²) in [5, 5.41) is 2.89. The molecular weight excluding hydrogens is 276 g/mol. The van der Waals surface area contributed by atoms with Crippen LogP contribution in [-0.4, -0.2) is 12.5 Å². The number of hydrogen-bond acceptors (Lipinski definition) is 3. The first kappa shape index (κ1) is 13.1. The van der Waals surface area contributed by atoms with Gasteiger partial charge >= 0.3 is 0 Å². The van der Waals surface area contributed by atoms with Gasteiger partial charge in [-0.25, -0.2) is 0 Å². The molecule has 0 spiro atoms. The first-order valence-corrected chi connectivity index (χ1v) is 7.38. The van der Waals surface area contributed by atoms with Crippen molar-refractivity contribution in [2.24, 2.45) is 5.73 Å². The zero-order valence-corrected chi connectivity index (χ0v) is 12.1. The van der Waals surface area contributed by atoms with Gasteiger partial charge in [0.05, 0.1) is 5.57 Å². The number of amides is 1. The predicted molar refractivity (Wildman–Crippen MR) is 85.9 cm³/mol. The molecule has 0 unspecified atom stereocenters. The molecule has 0 bridgehead atoms. The highest BCUT2D eigenvalue weighted by Gasteiger charge is 2.32. The lowest BCUT2D eigenvalue weighted by Gasteiger charge is -2.05. The van der Waals surface area contributed by atoms with Crippen molar-refractivity contribution in [2.45, 2.75) is 13.0 Å². The van der Waals surface area contributed by atoms with Gasteiger partial charge in [-0.15, -0.1) is 0 Å². The normalized spacial score (nSPS) is 18.7. The molecule has 2 aliphatic rings. The van der Waals surface area contributed by atoms with E-state index in [-0.39, 0.29) is 5.91 Å². The fourth-order valence-electron chi connectivity index (χ4n) is 3.09. The summed E-state index contributed by atoms with van der Waals surface area (Å²) < 4.78 is 5.86. The smallest absolute Gasteiger partial charge is 0.260 e. The standard InChI is InChI=1S/C18H16N2O2/c19-8-7-11-5-6-13-12(9-11)10-22-17(13)16-14-3-1-2-4-15(14)20-18(16)21/h1-6,9H,7-8,10,19H2,(H,20,21)/b17-16+. The molecule has 1 amide bonds. The zero-order valence-electron chi connectivity index (χ0n) is 12.1. The third-order valence-corrected chi connectivity index (χ3v) is 4.12. The van der Waals surface area contributed by atoms with Crippen LogP contribution < -0.4 is 11.1 Å². The summed E-state index contributed by atoms with van der Waals surface area (Å²) in [6.45, 7) is 1.13. The number of anilines is 1. The van der Waals surface area contributed by atoms with E-state index < -0.39 is 0 Å². The van der Waals surface area contributed by atoms with Crippen LogP contribution in [0.3, 0.4) is 0 Å². The minimum atomic E-state index is -0.102. The van der Waals surface area contributed by atoms with Crippen molar-refractivity contribution < 1.29 is 9.53 Å². The quantitative estimate of drug-likeness (QED) is 0.836. The summed E-state index contributed by atoms with van der Waals surface area (Å²) in [6, 6.07) is 13.9. The molecule has 110 valence electrons. The van der Waals surface area contributed by atoms with E-state index in [9.17, 15) is 4.79 Å². The average molecular weight is 292 g/mol. The van der Waals surface area contributed by atoms with Crippen LogP contribution >= 0.6 is 0 Å².